The van der Waals surface area contributed by atoms with E-state index in [1.807, 2.05) is 34.1 Å². The highest BCUT2D eigenvalue weighted by Crippen LogP contribution is 2.13. The summed E-state index contributed by atoms with van der Waals surface area (Å²) in [7, 11) is 0. The molecule has 7 nitrogen and oxygen atoms in total. The summed E-state index contributed by atoms with van der Waals surface area (Å²) in [4.78, 5) is 33.1. The third kappa shape index (κ3) is 5.65. The maximum atomic E-state index is 12.7. The second kappa shape index (κ2) is 10.2. The summed E-state index contributed by atoms with van der Waals surface area (Å²) in [5.74, 6) is 1.50. The minimum absolute atomic E-state index is 0.0408. The van der Waals surface area contributed by atoms with E-state index in [0.29, 0.717) is 56.9 Å². The van der Waals surface area contributed by atoms with Crippen molar-refractivity contribution in [2.24, 2.45) is 0 Å². The molecule has 29 heavy (non-hydrogen) atoms. The average Bonchev–Trinajstić information content (AvgIpc) is 3.21. The van der Waals surface area contributed by atoms with Gasteiger partial charge in [-0.25, -0.2) is 0 Å². The van der Waals surface area contributed by atoms with E-state index in [9.17, 15) is 9.59 Å². The first-order valence-electron chi connectivity index (χ1n) is 10.6. The van der Waals surface area contributed by atoms with Crippen LogP contribution < -0.4 is 0 Å². The molecule has 1 aliphatic heterocycles. The summed E-state index contributed by atoms with van der Waals surface area (Å²) >= 11 is 0. The quantitative estimate of drug-likeness (QED) is 0.683. The zero-order valence-electron chi connectivity index (χ0n) is 17.4. The summed E-state index contributed by atoms with van der Waals surface area (Å²) in [6.07, 6.45) is 4.52. The highest BCUT2D eigenvalue weighted by molar-refractivity contribution is 5.94. The van der Waals surface area contributed by atoms with Gasteiger partial charge in [0.05, 0.1) is 0 Å². The van der Waals surface area contributed by atoms with Gasteiger partial charge in [-0.3, -0.25) is 9.59 Å². The Morgan fingerprint density at radius 3 is 2.34 bits per heavy atom. The number of carbonyl (C=O) groups excluding carboxylic acids is 2. The van der Waals surface area contributed by atoms with Gasteiger partial charge in [-0.05, 0) is 37.0 Å². The van der Waals surface area contributed by atoms with Crippen molar-refractivity contribution in [1.82, 2.24) is 19.9 Å². The van der Waals surface area contributed by atoms with Crippen LogP contribution in [0.15, 0.2) is 28.8 Å². The van der Waals surface area contributed by atoms with Gasteiger partial charge in [0.1, 0.15) is 0 Å². The molecule has 1 aromatic carbocycles. The van der Waals surface area contributed by atoms with Crippen molar-refractivity contribution in [3.8, 4) is 0 Å². The minimum atomic E-state index is 0.0408. The Balaban J connectivity index is 1.40. The predicted octanol–water partition coefficient (Wildman–Crippen LogP) is 2.89. The number of carbonyl (C=O) groups is 2. The summed E-state index contributed by atoms with van der Waals surface area (Å²) < 4.78 is 5.21. The molecule has 2 amide bonds. The minimum Gasteiger partial charge on any atom is -0.339 e. The van der Waals surface area contributed by atoms with E-state index >= 15 is 0 Å². The van der Waals surface area contributed by atoms with Crippen molar-refractivity contribution in [3.63, 3.8) is 0 Å². The van der Waals surface area contributed by atoms with Crippen LogP contribution in [0.1, 0.15) is 60.7 Å². The van der Waals surface area contributed by atoms with Crippen molar-refractivity contribution in [2.75, 3.05) is 26.2 Å². The molecule has 3 rings (SSSR count). The highest BCUT2D eigenvalue weighted by atomic mass is 16.5. The molecule has 2 aromatic rings. The van der Waals surface area contributed by atoms with Crippen LogP contribution in [-0.2, 0) is 24.1 Å². The largest absolute Gasteiger partial charge is 0.339 e. The van der Waals surface area contributed by atoms with Gasteiger partial charge in [0, 0.05) is 51.0 Å². The second-order valence-electron chi connectivity index (χ2n) is 7.43. The number of amides is 2. The fraction of sp³-hybridized carbons (Fsp3) is 0.545. The van der Waals surface area contributed by atoms with Crippen LogP contribution in [0.3, 0.4) is 0 Å². The lowest BCUT2D eigenvalue weighted by atomic mass is 10.1. The number of benzene rings is 1. The molecule has 156 valence electrons. The number of piperazine rings is 1. The molecule has 0 radical (unpaired) electrons. The van der Waals surface area contributed by atoms with Gasteiger partial charge in [-0.2, -0.15) is 4.98 Å². The van der Waals surface area contributed by atoms with Crippen molar-refractivity contribution < 1.29 is 14.1 Å². The Morgan fingerprint density at radius 2 is 1.69 bits per heavy atom. The maximum absolute atomic E-state index is 12.7. The van der Waals surface area contributed by atoms with Gasteiger partial charge < -0.3 is 14.3 Å². The van der Waals surface area contributed by atoms with E-state index < -0.39 is 0 Å². The Labute approximate surface area is 172 Å². The van der Waals surface area contributed by atoms with E-state index in [1.165, 1.54) is 5.56 Å². The average molecular weight is 399 g/mol. The lowest BCUT2D eigenvalue weighted by molar-refractivity contribution is -0.132. The van der Waals surface area contributed by atoms with E-state index in [4.69, 9.17) is 4.52 Å². The zero-order valence-corrected chi connectivity index (χ0v) is 17.4. The molecule has 0 N–H and O–H groups in total. The number of hydrogen-bond acceptors (Lipinski definition) is 5. The molecule has 1 aromatic heterocycles. The van der Waals surface area contributed by atoms with Crippen LogP contribution in [0, 0.1) is 0 Å². The number of nitrogens with zero attached hydrogens (tertiary/aromatic N) is 4. The summed E-state index contributed by atoms with van der Waals surface area (Å²) in [5.41, 5.74) is 1.93. The monoisotopic (exact) mass is 398 g/mol. The molecule has 2 heterocycles. The third-order valence-corrected chi connectivity index (χ3v) is 5.29. The van der Waals surface area contributed by atoms with Crippen LogP contribution in [0.25, 0.3) is 0 Å². The number of rotatable bonds is 8. The molecule has 0 saturated carbocycles. The lowest BCUT2D eigenvalue weighted by Crippen LogP contribution is -2.50. The first-order chi connectivity index (χ1) is 14.1. The Kier molecular flexibility index (Phi) is 7.38. The van der Waals surface area contributed by atoms with Crippen molar-refractivity contribution in [3.05, 3.63) is 47.1 Å². The van der Waals surface area contributed by atoms with Crippen molar-refractivity contribution in [2.45, 2.75) is 52.4 Å². The van der Waals surface area contributed by atoms with Gasteiger partial charge in [-0.15, -0.1) is 0 Å². The molecule has 0 aliphatic carbocycles. The summed E-state index contributed by atoms with van der Waals surface area (Å²) in [5, 5.41) is 3.93. The van der Waals surface area contributed by atoms with Gasteiger partial charge in [0.25, 0.3) is 5.91 Å². The summed E-state index contributed by atoms with van der Waals surface area (Å²) in [6.45, 7) is 6.48. The number of hydrogen-bond donors (Lipinski definition) is 0. The zero-order chi connectivity index (χ0) is 20.6. The fourth-order valence-corrected chi connectivity index (χ4v) is 3.49. The highest BCUT2D eigenvalue weighted by Gasteiger charge is 2.24. The van der Waals surface area contributed by atoms with Gasteiger partial charge in [0.2, 0.25) is 11.8 Å². The topological polar surface area (TPSA) is 79.5 Å². The molecular weight excluding hydrogens is 368 g/mol. The normalized spacial score (nSPS) is 14.3. The van der Waals surface area contributed by atoms with Crippen LogP contribution >= 0.6 is 0 Å². The van der Waals surface area contributed by atoms with Gasteiger partial charge in [0.15, 0.2) is 5.82 Å². The molecule has 1 aliphatic rings. The molecule has 0 bridgehead atoms. The lowest BCUT2D eigenvalue weighted by Gasteiger charge is -2.35. The van der Waals surface area contributed by atoms with Crippen LogP contribution in [-0.4, -0.2) is 57.9 Å². The summed E-state index contributed by atoms with van der Waals surface area (Å²) in [6, 6.07) is 7.79. The number of aryl methyl sites for hydroxylation is 3. The molecule has 0 spiro atoms. The molecule has 1 saturated heterocycles. The van der Waals surface area contributed by atoms with Crippen LogP contribution in [0.2, 0.25) is 0 Å². The third-order valence-electron chi connectivity index (χ3n) is 5.29. The van der Waals surface area contributed by atoms with E-state index in [1.54, 1.807) is 0 Å². The molecule has 7 heteroatoms. The maximum Gasteiger partial charge on any atom is 0.253 e. The fourth-order valence-electron chi connectivity index (χ4n) is 3.49. The van der Waals surface area contributed by atoms with E-state index in [2.05, 4.69) is 24.0 Å². The molecule has 1 fully saturated rings. The smallest absolute Gasteiger partial charge is 0.253 e. The van der Waals surface area contributed by atoms with Crippen molar-refractivity contribution in [1.29, 1.82) is 0 Å². The van der Waals surface area contributed by atoms with E-state index in [0.717, 1.165) is 25.1 Å². The Morgan fingerprint density at radius 1 is 1.00 bits per heavy atom. The van der Waals surface area contributed by atoms with Gasteiger partial charge >= 0.3 is 0 Å². The van der Waals surface area contributed by atoms with Crippen LogP contribution in [0.4, 0.5) is 0 Å². The van der Waals surface area contributed by atoms with E-state index in [-0.39, 0.29) is 11.8 Å². The Hall–Kier alpha value is -2.70. The Bertz CT molecular complexity index is 808. The van der Waals surface area contributed by atoms with Crippen molar-refractivity contribution >= 4 is 11.8 Å². The molecule has 0 unspecified atom stereocenters. The molecule has 0 atom stereocenters. The number of aromatic nitrogens is 2. The van der Waals surface area contributed by atoms with Crippen LogP contribution in [0.5, 0.6) is 0 Å². The first-order valence-corrected chi connectivity index (χ1v) is 10.6. The van der Waals surface area contributed by atoms with Gasteiger partial charge in [-0.1, -0.05) is 31.1 Å². The molecular formula is C22H30N4O3. The standard InChI is InChI=1S/C22H30N4O3/c1-3-6-19-23-20(29-24-19)7-5-8-21(27)25-13-15-26(16-14-25)22(28)18-11-9-17(4-2)10-12-18/h9-12H,3-8,13-16H2,1-2H3. The predicted molar refractivity (Wildman–Crippen MR) is 110 cm³/mol. The second-order valence-corrected chi connectivity index (χ2v) is 7.43. The SMILES string of the molecule is CCCc1noc(CCCC(=O)N2CCN(C(=O)c3ccc(CC)cc3)CC2)n1. The first kappa shape index (κ1) is 21.0.